The molecule has 1 aromatic heterocycles. The predicted molar refractivity (Wildman–Crippen MR) is 120 cm³/mol. The summed E-state index contributed by atoms with van der Waals surface area (Å²) in [4.78, 5) is 46.5. The molecule has 0 saturated heterocycles. The lowest BCUT2D eigenvalue weighted by atomic mass is 10.1. The van der Waals surface area contributed by atoms with Crippen LogP contribution in [0, 0.1) is 11.6 Å². The summed E-state index contributed by atoms with van der Waals surface area (Å²) >= 11 is 6.05. The Morgan fingerprint density at radius 3 is 2.29 bits per heavy atom. The molecule has 0 saturated carbocycles. The van der Waals surface area contributed by atoms with Gasteiger partial charge in [0.1, 0.15) is 29.7 Å². The van der Waals surface area contributed by atoms with E-state index in [4.69, 9.17) is 32.3 Å². The molecule has 184 valence electrons. The van der Waals surface area contributed by atoms with Gasteiger partial charge in [-0.15, -0.1) is 0 Å². The molecular weight excluding hydrogens is 513 g/mol. The topological polar surface area (TPSA) is 178 Å². The van der Waals surface area contributed by atoms with Gasteiger partial charge in [-0.05, 0) is 42.0 Å². The van der Waals surface area contributed by atoms with E-state index in [9.17, 15) is 32.7 Å². The number of primary amides is 2. The minimum Gasteiger partial charge on any atom is -0.445 e. The molecule has 0 unspecified atom stereocenters. The zero-order valence-electron chi connectivity index (χ0n) is 17.4. The summed E-state index contributed by atoms with van der Waals surface area (Å²) in [6, 6.07) is 7.94. The predicted octanol–water partition coefficient (Wildman–Crippen LogP) is 3.96. The number of halogens is 3. The van der Waals surface area contributed by atoms with Crippen molar-refractivity contribution in [3.05, 3.63) is 70.8 Å². The third kappa shape index (κ3) is 6.22. The average molecular weight is 529 g/mol. The fourth-order valence-corrected chi connectivity index (χ4v) is 3.73. The first-order valence-electron chi connectivity index (χ1n) is 9.38. The molecule has 15 heteroatoms. The number of anilines is 2. The van der Waals surface area contributed by atoms with Gasteiger partial charge in [0.25, 0.3) is 0 Å². The van der Waals surface area contributed by atoms with Crippen molar-refractivity contribution in [2.75, 3.05) is 4.90 Å². The summed E-state index contributed by atoms with van der Waals surface area (Å²) in [5.41, 5.74) is 9.43. The molecule has 35 heavy (non-hydrogen) atoms. The molecule has 0 aliphatic carbocycles. The Balaban J connectivity index is 2.28. The van der Waals surface area contributed by atoms with E-state index in [1.807, 2.05) is 0 Å². The maximum absolute atomic E-state index is 14.5. The number of nitrogens with zero attached hydrogens (tertiary/aromatic N) is 2. The van der Waals surface area contributed by atoms with E-state index in [1.165, 1.54) is 24.3 Å². The van der Waals surface area contributed by atoms with E-state index in [-0.39, 0.29) is 21.8 Å². The minimum absolute atomic E-state index is 0.0820. The lowest BCUT2D eigenvalue weighted by Crippen LogP contribution is -2.33. The summed E-state index contributed by atoms with van der Waals surface area (Å²) in [5.74, 6) is -3.18. The standard InChI is InChI=1S/C20H16ClF2N4O7P/c21-12-4-1-3-11(18(12)34-35(30,31)32)15-7-10(9-33-20(25)29)8-16(26-15)27(19(24)28)17-13(22)5-2-6-14(17)23/h1-8H,9H2,(H2,24,28)(H2,25,29)(H2,30,31,32). The van der Waals surface area contributed by atoms with Crippen LogP contribution in [0.1, 0.15) is 5.56 Å². The van der Waals surface area contributed by atoms with Crippen LogP contribution in [0.4, 0.5) is 29.9 Å². The minimum atomic E-state index is -5.09. The Morgan fingerprint density at radius 1 is 1.09 bits per heavy atom. The smallest absolute Gasteiger partial charge is 0.445 e. The summed E-state index contributed by atoms with van der Waals surface area (Å²) in [5, 5.41) is -0.208. The van der Waals surface area contributed by atoms with Crippen molar-refractivity contribution >= 4 is 43.1 Å². The van der Waals surface area contributed by atoms with E-state index in [0.717, 1.165) is 24.3 Å². The summed E-state index contributed by atoms with van der Waals surface area (Å²) in [6.07, 6.45) is -1.15. The molecule has 3 rings (SSSR count). The van der Waals surface area contributed by atoms with Gasteiger partial charge in [0, 0.05) is 5.56 Å². The highest BCUT2D eigenvalue weighted by Gasteiger charge is 2.27. The Hall–Kier alpha value is -3.77. The second-order valence-corrected chi connectivity index (χ2v) is 8.34. The number of para-hydroxylation sites is 2. The number of carbonyl (C=O) groups is 2. The third-order valence-corrected chi connectivity index (χ3v) is 5.03. The van der Waals surface area contributed by atoms with Gasteiger partial charge in [0.2, 0.25) is 0 Å². The second-order valence-electron chi connectivity index (χ2n) is 6.77. The third-order valence-electron chi connectivity index (χ3n) is 4.32. The highest BCUT2D eigenvalue weighted by molar-refractivity contribution is 7.46. The molecule has 0 atom stereocenters. The van der Waals surface area contributed by atoms with Crippen molar-refractivity contribution in [3.8, 4) is 17.0 Å². The highest BCUT2D eigenvalue weighted by Crippen LogP contribution is 2.46. The molecule has 3 amide bonds. The molecule has 2 aromatic carbocycles. The normalized spacial score (nSPS) is 11.1. The van der Waals surface area contributed by atoms with Crippen molar-refractivity contribution in [3.63, 3.8) is 0 Å². The van der Waals surface area contributed by atoms with Gasteiger partial charge in [0.05, 0.1) is 10.7 Å². The first-order chi connectivity index (χ1) is 16.4. The molecule has 0 aliphatic heterocycles. The first-order valence-corrected chi connectivity index (χ1v) is 11.3. The van der Waals surface area contributed by atoms with Crippen molar-refractivity contribution < 1.29 is 42.0 Å². The zero-order chi connectivity index (χ0) is 25.9. The number of carbonyl (C=O) groups excluding carboxylic acids is 2. The van der Waals surface area contributed by atoms with Crippen LogP contribution in [0.15, 0.2) is 48.5 Å². The van der Waals surface area contributed by atoms with E-state index < -0.39 is 55.4 Å². The van der Waals surface area contributed by atoms with Gasteiger partial charge < -0.3 is 20.7 Å². The van der Waals surface area contributed by atoms with E-state index in [2.05, 4.69) is 4.98 Å². The number of hydrogen-bond acceptors (Lipinski definition) is 6. The second kappa shape index (κ2) is 10.2. The average Bonchev–Trinajstić information content (AvgIpc) is 2.75. The quantitative estimate of drug-likeness (QED) is 0.333. The van der Waals surface area contributed by atoms with Gasteiger partial charge in [0.15, 0.2) is 5.75 Å². The van der Waals surface area contributed by atoms with Gasteiger partial charge in [-0.3, -0.25) is 9.79 Å². The molecule has 0 radical (unpaired) electrons. The Labute approximate surface area is 201 Å². The van der Waals surface area contributed by atoms with Crippen LogP contribution in [-0.2, 0) is 15.9 Å². The number of urea groups is 1. The maximum atomic E-state index is 14.5. The van der Waals surface area contributed by atoms with Crippen molar-refractivity contribution in [1.29, 1.82) is 0 Å². The molecule has 1 heterocycles. The number of phosphoric acid groups is 1. The number of pyridine rings is 1. The molecule has 0 bridgehead atoms. The zero-order valence-corrected chi connectivity index (χ0v) is 19.0. The van der Waals surface area contributed by atoms with Crippen LogP contribution >= 0.6 is 19.4 Å². The van der Waals surface area contributed by atoms with Crippen LogP contribution in [0.3, 0.4) is 0 Å². The van der Waals surface area contributed by atoms with Gasteiger partial charge in [-0.25, -0.2) is 32.8 Å². The van der Waals surface area contributed by atoms with Crippen molar-refractivity contribution in [2.45, 2.75) is 6.61 Å². The van der Waals surface area contributed by atoms with Crippen LogP contribution in [0.2, 0.25) is 5.02 Å². The summed E-state index contributed by atoms with van der Waals surface area (Å²) in [6.45, 7) is -0.473. The molecule has 0 aliphatic rings. The van der Waals surface area contributed by atoms with E-state index >= 15 is 0 Å². The molecule has 11 nitrogen and oxygen atoms in total. The number of hydrogen-bond donors (Lipinski definition) is 4. The lowest BCUT2D eigenvalue weighted by molar-refractivity contribution is 0.150. The maximum Gasteiger partial charge on any atom is 0.524 e. The fourth-order valence-electron chi connectivity index (χ4n) is 3.02. The molecular formula is C20H16ClF2N4O7P. The van der Waals surface area contributed by atoms with Crippen LogP contribution in [0.25, 0.3) is 11.3 Å². The number of benzene rings is 2. The number of nitrogens with two attached hydrogens (primary N) is 2. The van der Waals surface area contributed by atoms with Crippen LogP contribution < -0.4 is 20.9 Å². The van der Waals surface area contributed by atoms with Gasteiger partial charge in [-0.1, -0.05) is 23.7 Å². The SMILES string of the molecule is NC(=O)OCc1cc(-c2cccc(Cl)c2OP(=O)(O)O)nc(N(C(N)=O)c2c(F)cccc2F)c1. The van der Waals surface area contributed by atoms with Gasteiger partial charge in [-0.2, -0.15) is 0 Å². The Kier molecular flexibility index (Phi) is 7.56. The highest BCUT2D eigenvalue weighted by atomic mass is 35.5. The Morgan fingerprint density at radius 2 is 1.71 bits per heavy atom. The monoisotopic (exact) mass is 528 g/mol. The number of rotatable bonds is 7. The number of phosphoric ester groups is 1. The molecule has 0 fully saturated rings. The number of ether oxygens (including phenoxy) is 1. The molecule has 3 aromatic rings. The summed E-state index contributed by atoms with van der Waals surface area (Å²) in [7, 11) is -5.09. The largest absolute Gasteiger partial charge is 0.524 e. The first kappa shape index (κ1) is 25.8. The lowest BCUT2D eigenvalue weighted by Gasteiger charge is -2.22. The van der Waals surface area contributed by atoms with Crippen LogP contribution in [-0.4, -0.2) is 26.9 Å². The van der Waals surface area contributed by atoms with Crippen LogP contribution in [0.5, 0.6) is 5.75 Å². The molecule has 6 N–H and O–H groups in total. The van der Waals surface area contributed by atoms with Gasteiger partial charge >= 0.3 is 19.9 Å². The van der Waals surface area contributed by atoms with Crippen molar-refractivity contribution in [2.24, 2.45) is 11.5 Å². The molecule has 0 spiro atoms. The van der Waals surface area contributed by atoms with Crippen molar-refractivity contribution in [1.82, 2.24) is 4.98 Å². The number of aromatic nitrogens is 1. The Bertz CT molecular complexity index is 1330. The summed E-state index contributed by atoms with van der Waals surface area (Å²) < 4.78 is 49.9. The van der Waals surface area contributed by atoms with E-state index in [0.29, 0.717) is 4.90 Å². The number of amides is 3. The van der Waals surface area contributed by atoms with E-state index in [1.54, 1.807) is 0 Å². The fraction of sp³-hybridized carbons (Fsp3) is 0.0500.